The van der Waals surface area contributed by atoms with E-state index in [9.17, 15) is 9.59 Å². The van der Waals surface area contributed by atoms with Crippen molar-refractivity contribution in [3.63, 3.8) is 0 Å². The van der Waals surface area contributed by atoms with E-state index in [-0.39, 0.29) is 18.4 Å². The van der Waals surface area contributed by atoms with Crippen molar-refractivity contribution in [1.82, 2.24) is 4.90 Å². The number of carbonyl (C=O) groups is 2. The zero-order valence-corrected chi connectivity index (χ0v) is 19.0. The molecule has 1 fully saturated rings. The molecule has 1 spiro atoms. The lowest BCUT2D eigenvalue weighted by atomic mass is 9.89. The number of rotatable bonds is 7. The van der Waals surface area contributed by atoms with E-state index >= 15 is 0 Å². The maximum absolute atomic E-state index is 13.6. The third-order valence-corrected chi connectivity index (χ3v) is 6.31. The summed E-state index contributed by atoms with van der Waals surface area (Å²) in [7, 11) is 3.53. The second-order valence-electron chi connectivity index (χ2n) is 8.53. The van der Waals surface area contributed by atoms with Gasteiger partial charge in [0, 0.05) is 6.54 Å². The van der Waals surface area contributed by atoms with Crippen LogP contribution in [-0.4, -0.2) is 49.6 Å². The number of benzene rings is 2. The molecular formula is C25H31N3O4. The van der Waals surface area contributed by atoms with Crippen LogP contribution < -0.4 is 19.7 Å². The minimum atomic E-state index is -0.783. The Morgan fingerprint density at radius 2 is 1.91 bits per heavy atom. The van der Waals surface area contributed by atoms with E-state index in [1.165, 1.54) is 0 Å². The summed E-state index contributed by atoms with van der Waals surface area (Å²) in [5.41, 5.74) is 1.72. The molecule has 7 heteroatoms. The van der Waals surface area contributed by atoms with Crippen LogP contribution in [0.5, 0.6) is 11.5 Å². The van der Waals surface area contributed by atoms with E-state index < -0.39 is 5.54 Å². The number of nitrogens with zero attached hydrogens (tertiary/aromatic N) is 2. The molecule has 170 valence electrons. The number of ether oxygens (including phenoxy) is 2. The van der Waals surface area contributed by atoms with Gasteiger partial charge in [-0.15, -0.1) is 0 Å². The first kappa shape index (κ1) is 22.1. The lowest BCUT2D eigenvalue weighted by Crippen LogP contribution is -2.62. The molecule has 0 aromatic heterocycles. The molecule has 0 radical (unpaired) electrons. The van der Waals surface area contributed by atoms with Crippen LogP contribution in [0.1, 0.15) is 38.2 Å². The summed E-state index contributed by atoms with van der Waals surface area (Å²) in [6.07, 6.45) is 3.28. The van der Waals surface area contributed by atoms with Gasteiger partial charge in [0.15, 0.2) is 11.5 Å². The maximum atomic E-state index is 13.6. The first-order valence-corrected chi connectivity index (χ1v) is 11.2. The zero-order chi connectivity index (χ0) is 22.7. The van der Waals surface area contributed by atoms with Crippen LogP contribution in [0.15, 0.2) is 42.5 Å². The van der Waals surface area contributed by atoms with Crippen molar-refractivity contribution >= 4 is 23.2 Å². The number of hydrogen-bond donors (Lipinski definition) is 1. The van der Waals surface area contributed by atoms with Gasteiger partial charge in [-0.25, -0.2) is 0 Å². The van der Waals surface area contributed by atoms with Gasteiger partial charge >= 0.3 is 0 Å². The molecule has 0 bridgehead atoms. The fourth-order valence-electron chi connectivity index (χ4n) is 4.88. The van der Waals surface area contributed by atoms with Crippen molar-refractivity contribution in [2.45, 2.75) is 44.7 Å². The third kappa shape index (κ3) is 4.05. The molecule has 1 saturated carbocycles. The average Bonchev–Trinajstić information content (AvgIpc) is 3.26. The highest BCUT2D eigenvalue weighted by atomic mass is 16.5. The van der Waals surface area contributed by atoms with E-state index in [2.05, 4.69) is 5.32 Å². The smallest absolute Gasteiger partial charge is 0.250 e. The second-order valence-corrected chi connectivity index (χ2v) is 8.53. The van der Waals surface area contributed by atoms with Crippen LogP contribution in [0.2, 0.25) is 0 Å². The van der Waals surface area contributed by atoms with Gasteiger partial charge in [-0.1, -0.05) is 31.0 Å². The van der Waals surface area contributed by atoms with E-state index in [0.717, 1.165) is 24.1 Å². The van der Waals surface area contributed by atoms with Gasteiger partial charge in [0.05, 0.1) is 31.6 Å². The number of para-hydroxylation sites is 2. The van der Waals surface area contributed by atoms with E-state index in [0.29, 0.717) is 43.2 Å². The first-order chi connectivity index (χ1) is 15.5. The van der Waals surface area contributed by atoms with Crippen LogP contribution in [0, 0.1) is 0 Å². The monoisotopic (exact) mass is 437 g/mol. The number of fused-ring (bicyclic) bond motifs is 1. The summed E-state index contributed by atoms with van der Waals surface area (Å²) in [4.78, 5) is 30.4. The Balaban J connectivity index is 1.54. The molecule has 2 aliphatic rings. The van der Waals surface area contributed by atoms with Gasteiger partial charge in [-0.05, 0) is 56.6 Å². The number of hydrogen-bond acceptors (Lipinski definition) is 5. The van der Waals surface area contributed by atoms with Gasteiger partial charge in [-0.2, -0.15) is 0 Å². The van der Waals surface area contributed by atoms with Crippen LogP contribution in [0.3, 0.4) is 0 Å². The van der Waals surface area contributed by atoms with Crippen molar-refractivity contribution in [1.29, 1.82) is 0 Å². The number of carbonyl (C=O) groups excluding carboxylic acids is 2. The lowest BCUT2D eigenvalue weighted by Gasteiger charge is -2.44. The number of nitrogens with one attached hydrogen (secondary N) is 1. The van der Waals surface area contributed by atoms with Crippen molar-refractivity contribution in [3.05, 3.63) is 48.0 Å². The molecule has 1 N–H and O–H groups in total. The number of methoxy groups -OCH3 is 1. The molecule has 7 nitrogen and oxygen atoms in total. The topological polar surface area (TPSA) is 71.1 Å². The van der Waals surface area contributed by atoms with Gasteiger partial charge in [0.2, 0.25) is 5.91 Å². The highest BCUT2D eigenvalue weighted by Crippen LogP contribution is 2.45. The van der Waals surface area contributed by atoms with E-state index in [4.69, 9.17) is 9.47 Å². The molecule has 2 aromatic rings. The summed E-state index contributed by atoms with van der Waals surface area (Å²) in [5.74, 6) is 1.25. The van der Waals surface area contributed by atoms with Gasteiger partial charge < -0.3 is 14.8 Å². The quantitative estimate of drug-likeness (QED) is 0.713. The minimum absolute atomic E-state index is 0.0606. The number of amides is 2. The fraction of sp³-hybridized carbons (Fsp3) is 0.440. The summed E-state index contributed by atoms with van der Waals surface area (Å²) >= 11 is 0. The normalized spacial score (nSPS) is 16.8. The van der Waals surface area contributed by atoms with Crippen LogP contribution in [0.25, 0.3) is 0 Å². The Hall–Kier alpha value is -3.06. The zero-order valence-electron chi connectivity index (χ0n) is 19.0. The largest absolute Gasteiger partial charge is 0.493 e. The molecule has 32 heavy (non-hydrogen) atoms. The lowest BCUT2D eigenvalue weighted by molar-refractivity contribution is -0.127. The van der Waals surface area contributed by atoms with Crippen LogP contribution in [-0.2, 0) is 16.1 Å². The molecule has 1 heterocycles. The van der Waals surface area contributed by atoms with Gasteiger partial charge in [0.25, 0.3) is 5.91 Å². The molecule has 1 aliphatic carbocycles. The van der Waals surface area contributed by atoms with Crippen molar-refractivity contribution in [3.8, 4) is 11.5 Å². The van der Waals surface area contributed by atoms with Gasteiger partial charge in [-0.3, -0.25) is 19.4 Å². The summed E-state index contributed by atoms with van der Waals surface area (Å²) in [6, 6.07) is 13.4. The van der Waals surface area contributed by atoms with Crippen molar-refractivity contribution in [2.24, 2.45) is 0 Å². The van der Waals surface area contributed by atoms with Crippen molar-refractivity contribution < 1.29 is 19.1 Å². The Morgan fingerprint density at radius 3 is 2.62 bits per heavy atom. The predicted octanol–water partition coefficient (Wildman–Crippen LogP) is 3.82. The highest BCUT2D eigenvalue weighted by Gasteiger charge is 2.52. The summed E-state index contributed by atoms with van der Waals surface area (Å²) in [5, 5.41) is 3.03. The van der Waals surface area contributed by atoms with Crippen LogP contribution >= 0.6 is 0 Å². The van der Waals surface area contributed by atoms with E-state index in [1.54, 1.807) is 12.0 Å². The summed E-state index contributed by atoms with van der Waals surface area (Å²) in [6.45, 7) is 3.28. The molecule has 0 saturated heterocycles. The Labute approximate surface area is 189 Å². The second kappa shape index (κ2) is 9.20. The molecule has 1 aliphatic heterocycles. The maximum Gasteiger partial charge on any atom is 0.250 e. The predicted molar refractivity (Wildman–Crippen MR) is 124 cm³/mol. The molecule has 0 unspecified atom stereocenters. The standard InChI is InChI=1S/C25H31N3O4/c1-4-32-21-12-11-18(15-22(21)31-3)16-27(2)17-23(29)28-20-10-6-5-9-19(20)26-24(30)25(28)13-7-8-14-25/h5-6,9-12,15H,4,7-8,13-14,16-17H2,1-3H3,(H,26,30). The molecule has 2 amide bonds. The molecular weight excluding hydrogens is 406 g/mol. The Kier molecular flexibility index (Phi) is 6.37. The molecule has 2 aromatic carbocycles. The molecule has 4 rings (SSSR count). The first-order valence-electron chi connectivity index (χ1n) is 11.2. The average molecular weight is 438 g/mol. The summed E-state index contributed by atoms with van der Waals surface area (Å²) < 4.78 is 11.0. The van der Waals surface area contributed by atoms with Crippen LogP contribution in [0.4, 0.5) is 11.4 Å². The SMILES string of the molecule is CCOc1ccc(CN(C)CC(=O)N2c3ccccc3NC(=O)C23CCCC3)cc1OC. The number of likely N-dealkylation sites (N-methyl/N-ethyl adjacent to an activating group) is 1. The minimum Gasteiger partial charge on any atom is -0.493 e. The Bertz CT molecular complexity index is 1000. The number of anilines is 2. The van der Waals surface area contributed by atoms with Gasteiger partial charge in [0.1, 0.15) is 5.54 Å². The van der Waals surface area contributed by atoms with E-state index in [1.807, 2.05) is 61.3 Å². The molecule has 0 atom stereocenters. The fourth-order valence-corrected chi connectivity index (χ4v) is 4.88. The third-order valence-electron chi connectivity index (χ3n) is 6.31. The van der Waals surface area contributed by atoms with Crippen molar-refractivity contribution in [2.75, 3.05) is 37.5 Å². The Morgan fingerprint density at radius 1 is 1.16 bits per heavy atom. The highest BCUT2D eigenvalue weighted by molar-refractivity contribution is 6.15.